The van der Waals surface area contributed by atoms with Crippen molar-refractivity contribution in [2.45, 2.75) is 50.6 Å². The molecule has 0 bridgehead atoms. The van der Waals surface area contributed by atoms with Crippen molar-refractivity contribution in [2.75, 3.05) is 13.2 Å². The summed E-state index contributed by atoms with van der Waals surface area (Å²) >= 11 is 3.55. The van der Waals surface area contributed by atoms with Crippen molar-refractivity contribution in [3.63, 3.8) is 0 Å². The molecule has 2 aromatic heterocycles. The molecule has 7 heteroatoms. The predicted octanol–water partition coefficient (Wildman–Crippen LogP) is 4.22. The third-order valence-corrected chi connectivity index (χ3v) is 8.62. The van der Waals surface area contributed by atoms with Crippen LogP contribution in [0.1, 0.15) is 54.0 Å². The predicted molar refractivity (Wildman–Crippen MR) is 111 cm³/mol. The van der Waals surface area contributed by atoms with E-state index in [9.17, 15) is 9.59 Å². The van der Waals surface area contributed by atoms with E-state index in [1.807, 2.05) is 11.3 Å². The number of rotatable bonds is 3. The van der Waals surface area contributed by atoms with Crippen LogP contribution in [-0.2, 0) is 11.2 Å². The molecule has 1 saturated carbocycles. The number of fused-ring (bicyclic) bond motifs is 1. The zero-order valence-electron chi connectivity index (χ0n) is 16.0. The SMILES string of the molecule is CC1CCCCC12NC(=O)N(CN1CCc3sccc3C1c1cccs1)C2=O. The van der Waals surface area contributed by atoms with E-state index >= 15 is 0 Å². The van der Waals surface area contributed by atoms with Crippen LogP contribution in [-0.4, -0.2) is 40.5 Å². The minimum absolute atomic E-state index is 0.0225. The summed E-state index contributed by atoms with van der Waals surface area (Å²) in [6, 6.07) is 6.33. The van der Waals surface area contributed by atoms with Gasteiger partial charge in [-0.1, -0.05) is 25.8 Å². The van der Waals surface area contributed by atoms with Crippen molar-refractivity contribution in [2.24, 2.45) is 5.92 Å². The van der Waals surface area contributed by atoms with Crippen LogP contribution in [0.4, 0.5) is 4.79 Å². The van der Waals surface area contributed by atoms with E-state index in [1.165, 1.54) is 20.2 Å². The summed E-state index contributed by atoms with van der Waals surface area (Å²) in [5, 5.41) is 7.34. The van der Waals surface area contributed by atoms with Crippen molar-refractivity contribution < 1.29 is 9.59 Å². The molecule has 148 valence electrons. The molecule has 3 aliphatic rings. The van der Waals surface area contributed by atoms with E-state index in [1.54, 1.807) is 11.3 Å². The van der Waals surface area contributed by atoms with Crippen molar-refractivity contribution in [1.29, 1.82) is 0 Å². The van der Waals surface area contributed by atoms with Gasteiger partial charge in [0.05, 0.1) is 12.7 Å². The zero-order chi connectivity index (χ0) is 19.3. The monoisotopic (exact) mass is 415 g/mol. The van der Waals surface area contributed by atoms with Gasteiger partial charge in [0, 0.05) is 16.3 Å². The lowest BCUT2D eigenvalue weighted by Crippen LogP contribution is -2.54. The molecule has 0 aromatic carbocycles. The number of carbonyl (C=O) groups is 2. The molecule has 28 heavy (non-hydrogen) atoms. The van der Waals surface area contributed by atoms with Gasteiger partial charge in [-0.3, -0.25) is 9.69 Å². The lowest BCUT2D eigenvalue weighted by Gasteiger charge is -2.39. The maximum Gasteiger partial charge on any atom is 0.326 e. The molecule has 0 radical (unpaired) electrons. The van der Waals surface area contributed by atoms with Gasteiger partial charge in [0.25, 0.3) is 5.91 Å². The van der Waals surface area contributed by atoms with Gasteiger partial charge in [-0.25, -0.2) is 9.69 Å². The molecule has 3 unspecified atom stereocenters. The van der Waals surface area contributed by atoms with Crippen LogP contribution in [0.15, 0.2) is 29.0 Å². The van der Waals surface area contributed by atoms with Crippen LogP contribution in [0, 0.1) is 5.92 Å². The highest BCUT2D eigenvalue weighted by Crippen LogP contribution is 2.41. The molecule has 2 aliphatic heterocycles. The summed E-state index contributed by atoms with van der Waals surface area (Å²) in [4.78, 5) is 32.7. The Labute approximate surface area is 173 Å². The molecule has 1 spiro atoms. The topological polar surface area (TPSA) is 52.7 Å². The first-order valence-electron chi connectivity index (χ1n) is 10.1. The smallest absolute Gasteiger partial charge is 0.323 e. The van der Waals surface area contributed by atoms with Gasteiger partial charge >= 0.3 is 6.03 Å². The maximum absolute atomic E-state index is 13.4. The highest BCUT2D eigenvalue weighted by Gasteiger charge is 2.55. The number of hydrogen-bond donors (Lipinski definition) is 1. The number of nitrogens with one attached hydrogen (secondary N) is 1. The maximum atomic E-state index is 13.4. The molecule has 1 saturated heterocycles. The fourth-order valence-electron chi connectivity index (χ4n) is 5.11. The lowest BCUT2D eigenvalue weighted by molar-refractivity contribution is -0.136. The molecule has 1 aliphatic carbocycles. The second-order valence-electron chi connectivity index (χ2n) is 8.20. The van der Waals surface area contributed by atoms with E-state index < -0.39 is 5.54 Å². The van der Waals surface area contributed by atoms with Gasteiger partial charge in [-0.15, -0.1) is 22.7 Å². The first-order chi connectivity index (χ1) is 13.6. The van der Waals surface area contributed by atoms with Gasteiger partial charge in [-0.05, 0) is 53.6 Å². The minimum atomic E-state index is -0.683. The number of nitrogens with zero attached hydrogens (tertiary/aromatic N) is 2. The zero-order valence-corrected chi connectivity index (χ0v) is 17.7. The Bertz CT molecular complexity index is 893. The van der Waals surface area contributed by atoms with Crippen molar-refractivity contribution in [3.8, 4) is 0 Å². The summed E-state index contributed by atoms with van der Waals surface area (Å²) in [6.45, 7) is 3.32. The Morgan fingerprint density at radius 2 is 2.11 bits per heavy atom. The van der Waals surface area contributed by atoms with Crippen LogP contribution >= 0.6 is 22.7 Å². The van der Waals surface area contributed by atoms with Crippen molar-refractivity contribution >= 4 is 34.6 Å². The second-order valence-corrected chi connectivity index (χ2v) is 10.2. The number of thiophene rings is 2. The summed E-state index contributed by atoms with van der Waals surface area (Å²) in [6.07, 6.45) is 4.88. The summed E-state index contributed by atoms with van der Waals surface area (Å²) < 4.78 is 0. The highest BCUT2D eigenvalue weighted by atomic mass is 32.1. The Hall–Kier alpha value is -1.70. The molecule has 4 heterocycles. The third-order valence-electron chi connectivity index (χ3n) is 6.70. The molecule has 3 amide bonds. The first-order valence-corrected chi connectivity index (χ1v) is 11.8. The number of amides is 3. The van der Waals surface area contributed by atoms with Gasteiger partial charge in [0.15, 0.2) is 0 Å². The summed E-state index contributed by atoms with van der Waals surface area (Å²) in [7, 11) is 0. The number of hydrogen-bond acceptors (Lipinski definition) is 5. The van der Waals surface area contributed by atoms with Crippen molar-refractivity contribution in [3.05, 3.63) is 44.3 Å². The number of carbonyl (C=O) groups excluding carboxylic acids is 2. The molecular weight excluding hydrogens is 390 g/mol. The fraction of sp³-hybridized carbons (Fsp3) is 0.524. The largest absolute Gasteiger partial charge is 0.326 e. The average molecular weight is 416 g/mol. The number of imide groups is 1. The molecule has 5 rings (SSSR count). The Morgan fingerprint density at radius 3 is 2.89 bits per heavy atom. The van der Waals surface area contributed by atoms with E-state index in [0.717, 1.165) is 38.6 Å². The molecule has 5 nitrogen and oxygen atoms in total. The fourth-order valence-corrected chi connectivity index (χ4v) is 6.89. The molecule has 3 atom stereocenters. The van der Waals surface area contributed by atoms with Gasteiger partial charge in [0.1, 0.15) is 5.54 Å². The summed E-state index contributed by atoms with van der Waals surface area (Å²) in [5.41, 5.74) is 0.642. The average Bonchev–Trinajstić information content (AvgIpc) is 3.42. The van der Waals surface area contributed by atoms with E-state index in [0.29, 0.717) is 6.67 Å². The van der Waals surface area contributed by atoms with Crippen LogP contribution in [0.2, 0.25) is 0 Å². The van der Waals surface area contributed by atoms with Gasteiger partial charge in [-0.2, -0.15) is 0 Å². The van der Waals surface area contributed by atoms with E-state index in [4.69, 9.17) is 0 Å². The highest BCUT2D eigenvalue weighted by molar-refractivity contribution is 7.10. The van der Waals surface area contributed by atoms with Crippen LogP contribution < -0.4 is 5.32 Å². The Balaban J connectivity index is 1.44. The molecule has 2 aromatic rings. The second kappa shape index (κ2) is 6.97. The van der Waals surface area contributed by atoms with E-state index in [2.05, 4.69) is 46.1 Å². The van der Waals surface area contributed by atoms with Crippen LogP contribution in [0.3, 0.4) is 0 Å². The van der Waals surface area contributed by atoms with Crippen LogP contribution in [0.5, 0.6) is 0 Å². The normalized spacial score (nSPS) is 30.7. The van der Waals surface area contributed by atoms with Crippen molar-refractivity contribution in [1.82, 2.24) is 15.1 Å². The lowest BCUT2D eigenvalue weighted by atomic mass is 9.73. The Morgan fingerprint density at radius 1 is 1.21 bits per heavy atom. The van der Waals surface area contributed by atoms with Crippen LogP contribution in [0.25, 0.3) is 0 Å². The molecule has 1 N–H and O–H groups in total. The van der Waals surface area contributed by atoms with E-state index in [-0.39, 0.29) is 23.9 Å². The van der Waals surface area contributed by atoms with Gasteiger partial charge < -0.3 is 5.32 Å². The quantitative estimate of drug-likeness (QED) is 0.764. The first kappa shape index (κ1) is 18.3. The Kier molecular flexibility index (Phi) is 4.56. The number of urea groups is 1. The minimum Gasteiger partial charge on any atom is -0.323 e. The standard InChI is InChI=1S/C21H25N3O2S2/c1-14-5-2-3-9-21(14)19(25)24(20(26)22-21)13-23-10-7-16-15(8-12-28-16)18(23)17-6-4-11-27-17/h4,6,8,11-12,14,18H,2-3,5,7,9-10,13H2,1H3,(H,22,26). The van der Waals surface area contributed by atoms with Gasteiger partial charge in [0.2, 0.25) is 0 Å². The summed E-state index contributed by atoms with van der Waals surface area (Å²) in [5.74, 6) is 0.173. The molecular formula is C21H25N3O2S2. The molecule has 2 fully saturated rings. The third kappa shape index (κ3) is 2.75.